The number of nitrogens with one attached hydrogen (secondary N) is 1. The summed E-state index contributed by atoms with van der Waals surface area (Å²) in [6.45, 7) is 1.53. The smallest absolute Gasteiger partial charge is 0.324 e. The summed E-state index contributed by atoms with van der Waals surface area (Å²) in [6.07, 6.45) is -0.281. The van der Waals surface area contributed by atoms with Crippen LogP contribution >= 0.6 is 0 Å². The Hall–Kier alpha value is -1.04. The summed E-state index contributed by atoms with van der Waals surface area (Å²) in [7, 11) is 0. The van der Waals surface area contributed by atoms with Gasteiger partial charge in [-0.3, -0.25) is 0 Å². The van der Waals surface area contributed by atoms with Gasteiger partial charge in [0.05, 0.1) is 0 Å². The van der Waals surface area contributed by atoms with E-state index in [1.54, 1.807) is 0 Å². The molecular formula is C9H12F3N3. The highest BCUT2D eigenvalue weighted by atomic mass is 19.4. The highest BCUT2D eigenvalue weighted by Gasteiger charge is 2.37. The number of piperidine rings is 1. The summed E-state index contributed by atoms with van der Waals surface area (Å²) in [5.74, 6) is -0.783. The van der Waals surface area contributed by atoms with Gasteiger partial charge < -0.3 is 9.88 Å². The maximum absolute atomic E-state index is 12.5. The molecule has 1 aliphatic rings. The molecule has 1 aromatic rings. The number of nitrogens with zero attached hydrogens (tertiary/aromatic N) is 2. The summed E-state index contributed by atoms with van der Waals surface area (Å²) in [4.78, 5) is 3.38. The molecule has 0 aliphatic carbocycles. The minimum absolute atomic E-state index is 0.0784. The molecule has 0 bridgehead atoms. The van der Waals surface area contributed by atoms with Gasteiger partial charge in [0.25, 0.3) is 0 Å². The van der Waals surface area contributed by atoms with Crippen molar-refractivity contribution in [3.8, 4) is 0 Å². The van der Waals surface area contributed by atoms with E-state index in [1.807, 2.05) is 0 Å². The second-order valence-corrected chi connectivity index (χ2v) is 3.64. The van der Waals surface area contributed by atoms with Gasteiger partial charge in [0.2, 0.25) is 5.82 Å². The summed E-state index contributed by atoms with van der Waals surface area (Å²) in [6, 6.07) is -0.0784. The lowest BCUT2D eigenvalue weighted by atomic mass is 10.1. The van der Waals surface area contributed by atoms with Crippen molar-refractivity contribution in [2.24, 2.45) is 0 Å². The van der Waals surface area contributed by atoms with Gasteiger partial charge in [-0.1, -0.05) is 0 Å². The molecule has 0 unspecified atom stereocenters. The van der Waals surface area contributed by atoms with Crippen LogP contribution in [0.1, 0.15) is 24.7 Å². The van der Waals surface area contributed by atoms with E-state index in [9.17, 15) is 13.2 Å². The first-order chi connectivity index (χ1) is 7.09. The van der Waals surface area contributed by atoms with E-state index < -0.39 is 12.0 Å². The zero-order valence-electron chi connectivity index (χ0n) is 8.09. The van der Waals surface area contributed by atoms with Crippen molar-refractivity contribution < 1.29 is 13.2 Å². The topological polar surface area (TPSA) is 29.9 Å². The fourth-order valence-electron chi connectivity index (χ4n) is 1.91. The molecule has 15 heavy (non-hydrogen) atoms. The lowest BCUT2D eigenvalue weighted by Gasteiger charge is -2.25. The fraction of sp³-hybridized carbons (Fsp3) is 0.667. The predicted octanol–water partition coefficient (Wildman–Crippen LogP) is 1.83. The van der Waals surface area contributed by atoms with Crippen LogP contribution in [0, 0.1) is 0 Å². The first kappa shape index (κ1) is 10.5. The number of aromatic nitrogens is 2. The van der Waals surface area contributed by atoms with Gasteiger partial charge >= 0.3 is 6.18 Å². The van der Waals surface area contributed by atoms with E-state index in [-0.39, 0.29) is 6.04 Å². The summed E-state index contributed by atoms with van der Waals surface area (Å²) in [5.41, 5.74) is 0. The molecule has 2 heterocycles. The van der Waals surface area contributed by atoms with E-state index in [4.69, 9.17) is 0 Å². The van der Waals surface area contributed by atoms with Gasteiger partial charge in [0, 0.05) is 18.4 Å². The molecule has 1 fully saturated rings. The van der Waals surface area contributed by atoms with Crippen LogP contribution in [0.5, 0.6) is 0 Å². The Morgan fingerprint density at radius 1 is 1.33 bits per heavy atom. The Morgan fingerprint density at radius 2 is 2.00 bits per heavy atom. The van der Waals surface area contributed by atoms with Gasteiger partial charge in [-0.05, 0) is 25.9 Å². The van der Waals surface area contributed by atoms with Crippen LogP contribution in [-0.4, -0.2) is 22.6 Å². The SMILES string of the molecule is FC(F)(F)c1nccn1C1CCNCC1. The lowest BCUT2D eigenvalue weighted by molar-refractivity contribution is -0.148. The molecule has 0 spiro atoms. The maximum atomic E-state index is 12.5. The highest BCUT2D eigenvalue weighted by Crippen LogP contribution is 2.31. The molecule has 1 aliphatic heterocycles. The Labute approximate surface area is 85.3 Å². The largest absolute Gasteiger partial charge is 0.449 e. The van der Waals surface area contributed by atoms with E-state index in [0.717, 1.165) is 25.9 Å². The third-order valence-electron chi connectivity index (χ3n) is 2.62. The van der Waals surface area contributed by atoms with Gasteiger partial charge in [0.15, 0.2) is 0 Å². The van der Waals surface area contributed by atoms with Crippen molar-refractivity contribution >= 4 is 0 Å². The fourth-order valence-corrected chi connectivity index (χ4v) is 1.91. The van der Waals surface area contributed by atoms with Crippen molar-refractivity contribution in [2.45, 2.75) is 25.1 Å². The van der Waals surface area contributed by atoms with E-state index in [0.29, 0.717) is 0 Å². The second kappa shape index (κ2) is 3.84. The molecule has 1 saturated heterocycles. The molecule has 6 heteroatoms. The molecular weight excluding hydrogens is 207 g/mol. The van der Waals surface area contributed by atoms with Crippen LogP contribution in [0.15, 0.2) is 12.4 Å². The molecule has 0 radical (unpaired) electrons. The van der Waals surface area contributed by atoms with Gasteiger partial charge in [0.1, 0.15) is 0 Å². The molecule has 0 aromatic carbocycles. The number of hydrogen-bond donors (Lipinski definition) is 1. The first-order valence-electron chi connectivity index (χ1n) is 4.90. The van der Waals surface area contributed by atoms with Gasteiger partial charge in [-0.15, -0.1) is 0 Å². The summed E-state index contributed by atoms with van der Waals surface area (Å²) >= 11 is 0. The second-order valence-electron chi connectivity index (χ2n) is 3.64. The number of alkyl halides is 3. The van der Waals surface area contributed by atoms with Crippen molar-refractivity contribution in [3.63, 3.8) is 0 Å². The Bertz CT molecular complexity index is 326. The molecule has 0 saturated carbocycles. The monoisotopic (exact) mass is 219 g/mol. The van der Waals surface area contributed by atoms with Crippen LogP contribution in [0.25, 0.3) is 0 Å². The van der Waals surface area contributed by atoms with Crippen LogP contribution in [0.3, 0.4) is 0 Å². The lowest BCUT2D eigenvalue weighted by Crippen LogP contribution is -2.31. The third-order valence-corrected chi connectivity index (χ3v) is 2.62. The number of hydrogen-bond acceptors (Lipinski definition) is 2. The van der Waals surface area contributed by atoms with E-state index >= 15 is 0 Å². The molecule has 2 rings (SSSR count). The number of rotatable bonds is 1. The molecule has 3 nitrogen and oxygen atoms in total. The average Bonchev–Trinajstić information content (AvgIpc) is 2.67. The van der Waals surface area contributed by atoms with Crippen LogP contribution in [0.2, 0.25) is 0 Å². The van der Waals surface area contributed by atoms with Crippen molar-refractivity contribution in [2.75, 3.05) is 13.1 Å². The number of halogens is 3. The quantitative estimate of drug-likeness (QED) is 0.780. The average molecular weight is 219 g/mol. The highest BCUT2D eigenvalue weighted by molar-refractivity contribution is 5.00. The molecule has 1 N–H and O–H groups in total. The van der Waals surface area contributed by atoms with E-state index in [2.05, 4.69) is 10.3 Å². The zero-order chi connectivity index (χ0) is 10.9. The Balaban J connectivity index is 2.24. The normalized spacial score (nSPS) is 19.4. The molecule has 0 amide bonds. The minimum Gasteiger partial charge on any atom is -0.324 e. The van der Waals surface area contributed by atoms with Crippen LogP contribution in [0.4, 0.5) is 13.2 Å². The van der Waals surface area contributed by atoms with Gasteiger partial charge in [-0.25, -0.2) is 4.98 Å². The third kappa shape index (κ3) is 2.14. The molecule has 84 valence electrons. The van der Waals surface area contributed by atoms with Crippen molar-refractivity contribution in [1.29, 1.82) is 0 Å². The standard InChI is InChI=1S/C9H12F3N3/c10-9(11,12)8-14-5-6-15(8)7-1-3-13-4-2-7/h5-7,13H,1-4H2. The molecule has 0 atom stereocenters. The summed E-state index contributed by atoms with van der Waals surface area (Å²) < 4.78 is 38.9. The van der Waals surface area contributed by atoms with Crippen molar-refractivity contribution in [3.05, 3.63) is 18.2 Å². The van der Waals surface area contributed by atoms with Crippen molar-refractivity contribution in [1.82, 2.24) is 14.9 Å². The summed E-state index contributed by atoms with van der Waals surface area (Å²) in [5, 5.41) is 3.12. The molecule has 1 aromatic heterocycles. The van der Waals surface area contributed by atoms with Crippen LogP contribution in [-0.2, 0) is 6.18 Å². The van der Waals surface area contributed by atoms with Crippen LogP contribution < -0.4 is 5.32 Å². The zero-order valence-corrected chi connectivity index (χ0v) is 8.09. The maximum Gasteiger partial charge on any atom is 0.449 e. The predicted molar refractivity (Wildman–Crippen MR) is 48.4 cm³/mol. The van der Waals surface area contributed by atoms with E-state index in [1.165, 1.54) is 17.0 Å². The Morgan fingerprint density at radius 3 is 2.60 bits per heavy atom. The first-order valence-corrected chi connectivity index (χ1v) is 4.90. The van der Waals surface area contributed by atoms with Gasteiger partial charge in [-0.2, -0.15) is 13.2 Å². The number of imidazole rings is 1. The minimum atomic E-state index is -4.35. The Kier molecular flexibility index (Phi) is 2.68.